The average Bonchev–Trinajstić information content (AvgIpc) is 3.31. The van der Waals surface area contributed by atoms with E-state index in [0.29, 0.717) is 6.54 Å². The van der Waals surface area contributed by atoms with E-state index in [4.69, 9.17) is 0 Å². The van der Waals surface area contributed by atoms with E-state index >= 15 is 0 Å². The summed E-state index contributed by atoms with van der Waals surface area (Å²) in [6, 6.07) is 13.1. The van der Waals surface area contributed by atoms with E-state index < -0.39 is 11.8 Å². The van der Waals surface area contributed by atoms with Gasteiger partial charge in [-0.15, -0.1) is 11.3 Å². The van der Waals surface area contributed by atoms with Crippen LogP contribution >= 0.6 is 11.3 Å². The first-order valence-corrected chi connectivity index (χ1v) is 10.1. The van der Waals surface area contributed by atoms with Crippen LogP contribution in [-0.4, -0.2) is 30.9 Å². The summed E-state index contributed by atoms with van der Waals surface area (Å²) in [7, 11) is 0. The molecule has 5 nitrogen and oxygen atoms in total. The first-order chi connectivity index (χ1) is 12.7. The summed E-state index contributed by atoms with van der Waals surface area (Å²) in [5, 5.41) is 7.68. The van der Waals surface area contributed by atoms with E-state index in [2.05, 4.69) is 46.3 Å². The Morgan fingerprint density at radius 1 is 1.12 bits per heavy atom. The lowest BCUT2D eigenvalue weighted by molar-refractivity contribution is -0.945. The summed E-state index contributed by atoms with van der Waals surface area (Å²) in [4.78, 5) is 26.7. The monoisotopic (exact) mass is 370 g/mol. The van der Waals surface area contributed by atoms with Gasteiger partial charge in [-0.3, -0.25) is 9.59 Å². The van der Waals surface area contributed by atoms with Crippen LogP contribution in [0.15, 0.2) is 41.8 Å². The topological polar surface area (TPSA) is 62.6 Å². The number of thiophene rings is 1. The minimum absolute atomic E-state index is 0.168. The molecule has 2 heterocycles. The predicted octanol–water partition coefficient (Wildman–Crippen LogP) is 0.825. The summed E-state index contributed by atoms with van der Waals surface area (Å²) in [5.74, 6) is -1.02. The smallest absolute Gasteiger partial charge is 0.309 e. The highest BCUT2D eigenvalue weighted by molar-refractivity contribution is 7.10. The van der Waals surface area contributed by atoms with E-state index in [1.165, 1.54) is 20.9 Å². The van der Waals surface area contributed by atoms with Crippen molar-refractivity contribution in [2.45, 2.75) is 37.9 Å². The molecule has 0 spiro atoms. The van der Waals surface area contributed by atoms with Gasteiger partial charge in [-0.25, -0.2) is 0 Å². The molecule has 6 heteroatoms. The molecule has 2 aromatic rings. The molecule has 0 saturated heterocycles. The van der Waals surface area contributed by atoms with Gasteiger partial charge in [-0.1, -0.05) is 30.3 Å². The Balaban J connectivity index is 1.43. The number of hydrogen-bond acceptors (Lipinski definition) is 3. The van der Waals surface area contributed by atoms with E-state index in [1.807, 2.05) is 6.07 Å². The van der Waals surface area contributed by atoms with Crippen LogP contribution < -0.4 is 15.5 Å². The van der Waals surface area contributed by atoms with Gasteiger partial charge in [0.2, 0.25) is 0 Å². The molecular weight excluding hydrogens is 346 g/mol. The van der Waals surface area contributed by atoms with Crippen LogP contribution in [0.25, 0.3) is 0 Å². The van der Waals surface area contributed by atoms with Crippen LogP contribution in [-0.2, 0) is 22.6 Å². The second-order valence-electron chi connectivity index (χ2n) is 7.13. The van der Waals surface area contributed by atoms with Crippen molar-refractivity contribution in [3.05, 3.63) is 57.8 Å². The Hall–Kier alpha value is -2.18. The molecule has 1 aliphatic heterocycles. The zero-order chi connectivity index (χ0) is 17.9. The lowest BCUT2D eigenvalue weighted by atomic mass is 9.98. The standard InChI is InChI=1S/C20H23N3O2S/c24-19(20(25)22-16-7-8-16)21-12-17(18-6-3-11-26-18)23-10-9-14-4-1-2-5-15(14)13-23/h1-6,11,16-17H,7-10,12-13H2,(H,21,24)(H,22,25)/p+1/t17-/m1/s1. The molecule has 2 aliphatic rings. The molecule has 1 aromatic carbocycles. The fourth-order valence-electron chi connectivity index (χ4n) is 3.59. The Morgan fingerprint density at radius 3 is 2.65 bits per heavy atom. The van der Waals surface area contributed by atoms with Crippen LogP contribution in [0.2, 0.25) is 0 Å². The highest BCUT2D eigenvalue weighted by Gasteiger charge is 2.31. The largest absolute Gasteiger partial charge is 0.345 e. The summed E-state index contributed by atoms with van der Waals surface area (Å²) < 4.78 is 0. The first-order valence-electron chi connectivity index (χ1n) is 9.24. The summed E-state index contributed by atoms with van der Waals surface area (Å²) in [6.07, 6.45) is 3.01. The normalized spacial score (nSPS) is 20.1. The molecule has 3 N–H and O–H groups in total. The van der Waals surface area contributed by atoms with Crippen LogP contribution in [0.3, 0.4) is 0 Å². The molecule has 0 bridgehead atoms. The van der Waals surface area contributed by atoms with Crippen molar-refractivity contribution in [2.75, 3.05) is 13.1 Å². The van der Waals surface area contributed by atoms with Crippen molar-refractivity contribution < 1.29 is 14.5 Å². The zero-order valence-electron chi connectivity index (χ0n) is 14.7. The minimum Gasteiger partial charge on any atom is -0.345 e. The number of nitrogens with one attached hydrogen (secondary N) is 3. The first kappa shape index (κ1) is 17.2. The van der Waals surface area contributed by atoms with Crippen molar-refractivity contribution in [3.8, 4) is 0 Å². The van der Waals surface area contributed by atoms with Gasteiger partial charge in [0.25, 0.3) is 0 Å². The fraction of sp³-hybridized carbons (Fsp3) is 0.400. The quantitative estimate of drug-likeness (QED) is 0.683. The molecule has 2 amide bonds. The van der Waals surface area contributed by atoms with Gasteiger partial charge in [0.1, 0.15) is 12.6 Å². The zero-order valence-corrected chi connectivity index (χ0v) is 15.5. The van der Waals surface area contributed by atoms with E-state index in [9.17, 15) is 9.59 Å². The lowest BCUT2D eigenvalue weighted by Crippen LogP contribution is -3.12. The Kier molecular flexibility index (Phi) is 5.04. The second kappa shape index (κ2) is 7.60. The third kappa shape index (κ3) is 3.97. The minimum atomic E-state index is -0.518. The van der Waals surface area contributed by atoms with Gasteiger partial charge in [-0.05, 0) is 29.9 Å². The maximum Gasteiger partial charge on any atom is 0.309 e. The van der Waals surface area contributed by atoms with Gasteiger partial charge < -0.3 is 15.5 Å². The van der Waals surface area contributed by atoms with E-state index in [-0.39, 0.29) is 12.1 Å². The van der Waals surface area contributed by atoms with Crippen LogP contribution in [0.1, 0.15) is 34.9 Å². The number of amides is 2. The molecular formula is C20H24N3O2S+. The van der Waals surface area contributed by atoms with E-state index in [0.717, 1.165) is 32.4 Å². The molecule has 136 valence electrons. The average molecular weight is 370 g/mol. The number of benzene rings is 1. The maximum atomic E-state index is 12.1. The van der Waals surface area contributed by atoms with Gasteiger partial charge in [0, 0.05) is 18.0 Å². The van der Waals surface area contributed by atoms with Gasteiger partial charge in [-0.2, -0.15) is 0 Å². The van der Waals surface area contributed by atoms with Gasteiger partial charge in [0.15, 0.2) is 0 Å². The van der Waals surface area contributed by atoms with Crippen molar-refractivity contribution in [3.63, 3.8) is 0 Å². The van der Waals surface area contributed by atoms with E-state index in [1.54, 1.807) is 11.3 Å². The number of quaternary nitrogens is 1. The Morgan fingerprint density at radius 2 is 1.92 bits per heavy atom. The molecule has 1 unspecified atom stereocenters. The molecule has 1 saturated carbocycles. The molecule has 2 atom stereocenters. The summed E-state index contributed by atoms with van der Waals surface area (Å²) >= 11 is 1.71. The molecule has 26 heavy (non-hydrogen) atoms. The second-order valence-corrected chi connectivity index (χ2v) is 8.11. The van der Waals surface area contributed by atoms with Gasteiger partial charge >= 0.3 is 11.8 Å². The highest BCUT2D eigenvalue weighted by Crippen LogP contribution is 2.19. The molecule has 0 radical (unpaired) electrons. The fourth-order valence-corrected chi connectivity index (χ4v) is 4.47. The molecule has 1 aliphatic carbocycles. The Bertz CT molecular complexity index is 786. The number of fused-ring (bicyclic) bond motifs is 1. The SMILES string of the molecule is O=C(NC[C@H](c1cccs1)[NH+]1CCc2ccccc2C1)C(=O)NC1CC1. The van der Waals surface area contributed by atoms with Crippen molar-refractivity contribution >= 4 is 23.2 Å². The molecule has 1 fully saturated rings. The van der Waals surface area contributed by atoms with Crippen molar-refractivity contribution in [1.29, 1.82) is 0 Å². The van der Waals surface area contributed by atoms with Crippen molar-refractivity contribution in [1.82, 2.24) is 10.6 Å². The van der Waals surface area contributed by atoms with Crippen molar-refractivity contribution in [2.24, 2.45) is 0 Å². The highest BCUT2D eigenvalue weighted by atomic mass is 32.1. The summed E-state index contributed by atoms with van der Waals surface area (Å²) in [6.45, 7) is 2.46. The number of carbonyl (C=O) groups is 2. The number of hydrogen-bond donors (Lipinski definition) is 3. The Labute approximate surface area is 157 Å². The van der Waals surface area contributed by atoms with Crippen LogP contribution in [0.5, 0.6) is 0 Å². The molecule has 4 rings (SSSR count). The lowest BCUT2D eigenvalue weighted by Gasteiger charge is -2.32. The third-order valence-corrected chi connectivity index (χ3v) is 6.20. The maximum absolute atomic E-state index is 12.1. The predicted molar refractivity (Wildman–Crippen MR) is 101 cm³/mol. The summed E-state index contributed by atoms with van der Waals surface area (Å²) in [5.41, 5.74) is 2.81. The number of carbonyl (C=O) groups excluding carboxylic acids is 2. The van der Waals surface area contributed by atoms with Crippen LogP contribution in [0.4, 0.5) is 0 Å². The van der Waals surface area contributed by atoms with Crippen LogP contribution in [0, 0.1) is 0 Å². The van der Waals surface area contributed by atoms with Gasteiger partial charge in [0.05, 0.1) is 18.0 Å². The third-order valence-electron chi connectivity index (χ3n) is 5.22. The molecule has 1 aromatic heterocycles. The number of rotatable bonds is 5.